The number of ether oxygens (including phenoxy) is 1. The third-order valence-corrected chi connectivity index (χ3v) is 3.52. The average Bonchev–Trinajstić information content (AvgIpc) is 2.80. The molecule has 1 aromatic carbocycles. The standard InChI is InChI=1S/C13H13FO2S/c1-16-12-6-7-17-13(12)11(15)8-9-2-4-10(14)5-3-9/h2-7,11,15H,8H2,1H3. The van der Waals surface area contributed by atoms with Gasteiger partial charge in [-0.15, -0.1) is 11.3 Å². The van der Waals surface area contributed by atoms with Gasteiger partial charge in [-0.05, 0) is 29.1 Å². The van der Waals surface area contributed by atoms with Gasteiger partial charge in [-0.3, -0.25) is 0 Å². The van der Waals surface area contributed by atoms with Crippen LogP contribution >= 0.6 is 11.3 Å². The molecular formula is C13H13FO2S. The quantitative estimate of drug-likeness (QED) is 0.905. The van der Waals surface area contributed by atoms with Crippen LogP contribution in [0.2, 0.25) is 0 Å². The first-order valence-corrected chi connectivity index (χ1v) is 6.12. The van der Waals surface area contributed by atoms with Gasteiger partial charge in [0.25, 0.3) is 0 Å². The fraction of sp³-hybridized carbons (Fsp3) is 0.231. The third-order valence-electron chi connectivity index (χ3n) is 2.52. The molecule has 0 saturated carbocycles. The molecule has 2 aromatic rings. The second kappa shape index (κ2) is 5.29. The number of rotatable bonds is 4. The van der Waals surface area contributed by atoms with Crippen LogP contribution in [0.1, 0.15) is 16.5 Å². The molecule has 2 rings (SSSR count). The fourth-order valence-electron chi connectivity index (χ4n) is 1.66. The van der Waals surface area contributed by atoms with Gasteiger partial charge in [0.1, 0.15) is 11.6 Å². The number of thiophene rings is 1. The summed E-state index contributed by atoms with van der Waals surface area (Å²) in [5.41, 5.74) is 0.898. The Morgan fingerprint density at radius 2 is 2.00 bits per heavy atom. The Morgan fingerprint density at radius 1 is 1.29 bits per heavy atom. The molecule has 0 fully saturated rings. The van der Waals surface area contributed by atoms with Gasteiger partial charge in [0.15, 0.2) is 0 Å². The maximum atomic E-state index is 12.7. The maximum absolute atomic E-state index is 12.7. The first kappa shape index (κ1) is 12.1. The second-order valence-electron chi connectivity index (χ2n) is 3.70. The number of hydrogen-bond acceptors (Lipinski definition) is 3. The van der Waals surface area contributed by atoms with Crippen molar-refractivity contribution >= 4 is 11.3 Å². The molecule has 2 nitrogen and oxygen atoms in total. The van der Waals surface area contributed by atoms with Crippen LogP contribution in [-0.4, -0.2) is 12.2 Å². The molecule has 1 unspecified atom stereocenters. The molecule has 0 bridgehead atoms. The molecule has 90 valence electrons. The van der Waals surface area contributed by atoms with Gasteiger partial charge in [0.05, 0.1) is 18.1 Å². The lowest BCUT2D eigenvalue weighted by molar-refractivity contribution is 0.178. The topological polar surface area (TPSA) is 29.5 Å². The Labute approximate surface area is 103 Å². The SMILES string of the molecule is COc1ccsc1C(O)Cc1ccc(F)cc1. The van der Waals surface area contributed by atoms with E-state index in [9.17, 15) is 9.50 Å². The summed E-state index contributed by atoms with van der Waals surface area (Å²) in [5.74, 6) is 0.432. The molecule has 0 spiro atoms. The molecule has 1 atom stereocenters. The Hall–Kier alpha value is -1.39. The highest BCUT2D eigenvalue weighted by molar-refractivity contribution is 7.10. The summed E-state index contributed by atoms with van der Waals surface area (Å²) in [6, 6.07) is 7.98. The molecule has 1 aromatic heterocycles. The van der Waals surface area contributed by atoms with Crippen LogP contribution in [0.4, 0.5) is 4.39 Å². The first-order valence-electron chi connectivity index (χ1n) is 5.24. The zero-order valence-electron chi connectivity index (χ0n) is 9.39. The summed E-state index contributed by atoms with van der Waals surface area (Å²) < 4.78 is 17.9. The van der Waals surface area contributed by atoms with Crippen molar-refractivity contribution < 1.29 is 14.2 Å². The monoisotopic (exact) mass is 252 g/mol. The number of aliphatic hydroxyl groups is 1. The number of hydrogen-bond donors (Lipinski definition) is 1. The normalized spacial score (nSPS) is 12.4. The van der Waals surface area contributed by atoms with E-state index >= 15 is 0 Å². The minimum Gasteiger partial charge on any atom is -0.495 e. The summed E-state index contributed by atoms with van der Waals surface area (Å²) >= 11 is 1.46. The van der Waals surface area contributed by atoms with E-state index in [-0.39, 0.29) is 5.82 Å². The highest BCUT2D eigenvalue weighted by Gasteiger charge is 2.15. The van der Waals surface area contributed by atoms with Crippen LogP contribution in [0, 0.1) is 5.82 Å². The lowest BCUT2D eigenvalue weighted by Crippen LogP contribution is -2.01. The predicted octanol–water partition coefficient (Wildman–Crippen LogP) is 3.17. The second-order valence-corrected chi connectivity index (χ2v) is 4.65. The minimum atomic E-state index is -0.615. The zero-order valence-corrected chi connectivity index (χ0v) is 10.2. The van der Waals surface area contributed by atoms with Crippen LogP contribution in [-0.2, 0) is 6.42 Å². The summed E-state index contributed by atoms with van der Waals surface area (Å²) in [4.78, 5) is 0.803. The first-order chi connectivity index (χ1) is 8.20. The molecule has 1 N–H and O–H groups in total. The Kier molecular flexibility index (Phi) is 3.76. The van der Waals surface area contributed by atoms with E-state index in [1.807, 2.05) is 11.4 Å². The maximum Gasteiger partial charge on any atom is 0.135 e. The van der Waals surface area contributed by atoms with Crippen LogP contribution in [0.25, 0.3) is 0 Å². The van der Waals surface area contributed by atoms with Crippen molar-refractivity contribution in [3.8, 4) is 5.75 Å². The highest BCUT2D eigenvalue weighted by Crippen LogP contribution is 2.32. The van der Waals surface area contributed by atoms with Gasteiger partial charge >= 0.3 is 0 Å². The molecule has 0 saturated heterocycles. The van der Waals surface area contributed by atoms with E-state index in [1.165, 1.54) is 23.5 Å². The fourth-order valence-corrected chi connectivity index (χ4v) is 2.50. The van der Waals surface area contributed by atoms with Gasteiger partial charge in [-0.2, -0.15) is 0 Å². The van der Waals surface area contributed by atoms with E-state index in [4.69, 9.17) is 4.74 Å². The van der Waals surface area contributed by atoms with E-state index in [2.05, 4.69) is 0 Å². The predicted molar refractivity (Wildman–Crippen MR) is 65.9 cm³/mol. The van der Waals surface area contributed by atoms with Crippen molar-refractivity contribution in [3.05, 3.63) is 52.0 Å². The van der Waals surface area contributed by atoms with Crippen molar-refractivity contribution in [3.63, 3.8) is 0 Å². The molecule has 4 heteroatoms. The van der Waals surface area contributed by atoms with Crippen molar-refractivity contribution in [2.45, 2.75) is 12.5 Å². The Bertz CT molecular complexity index is 478. The molecule has 0 aliphatic rings. The summed E-state index contributed by atoms with van der Waals surface area (Å²) in [7, 11) is 1.58. The van der Waals surface area contributed by atoms with Gasteiger partial charge in [-0.25, -0.2) is 4.39 Å². The number of benzene rings is 1. The summed E-state index contributed by atoms with van der Waals surface area (Å²) in [5, 5.41) is 12.0. The zero-order chi connectivity index (χ0) is 12.3. The molecule has 0 aliphatic carbocycles. The van der Waals surface area contributed by atoms with E-state index in [0.717, 1.165) is 10.4 Å². The lowest BCUT2D eigenvalue weighted by atomic mass is 10.1. The van der Waals surface area contributed by atoms with E-state index in [0.29, 0.717) is 12.2 Å². The van der Waals surface area contributed by atoms with Gasteiger partial charge < -0.3 is 9.84 Å². The van der Waals surface area contributed by atoms with Crippen molar-refractivity contribution in [2.75, 3.05) is 7.11 Å². The van der Waals surface area contributed by atoms with Crippen molar-refractivity contribution in [2.24, 2.45) is 0 Å². The molecule has 0 aliphatic heterocycles. The number of methoxy groups -OCH3 is 1. The van der Waals surface area contributed by atoms with E-state index in [1.54, 1.807) is 19.2 Å². The van der Waals surface area contributed by atoms with Crippen molar-refractivity contribution in [1.29, 1.82) is 0 Å². The molecule has 1 heterocycles. The summed E-state index contributed by atoms with van der Waals surface area (Å²) in [6.45, 7) is 0. The van der Waals surface area contributed by atoms with Gasteiger partial charge in [0.2, 0.25) is 0 Å². The minimum absolute atomic E-state index is 0.267. The molecular weight excluding hydrogens is 239 g/mol. The van der Waals surface area contributed by atoms with Crippen molar-refractivity contribution in [1.82, 2.24) is 0 Å². The van der Waals surface area contributed by atoms with Gasteiger partial charge in [0, 0.05) is 6.42 Å². The highest BCUT2D eigenvalue weighted by atomic mass is 32.1. The number of halogens is 1. The lowest BCUT2D eigenvalue weighted by Gasteiger charge is -2.10. The molecule has 17 heavy (non-hydrogen) atoms. The molecule has 0 radical (unpaired) electrons. The average molecular weight is 252 g/mol. The Morgan fingerprint density at radius 3 is 2.65 bits per heavy atom. The van der Waals surface area contributed by atoms with E-state index < -0.39 is 6.10 Å². The summed E-state index contributed by atoms with van der Waals surface area (Å²) in [6.07, 6.45) is -0.160. The number of aliphatic hydroxyl groups excluding tert-OH is 1. The van der Waals surface area contributed by atoms with Crippen LogP contribution in [0.15, 0.2) is 35.7 Å². The van der Waals surface area contributed by atoms with Crippen LogP contribution < -0.4 is 4.74 Å². The largest absolute Gasteiger partial charge is 0.495 e. The smallest absolute Gasteiger partial charge is 0.135 e. The Balaban J connectivity index is 2.11. The third kappa shape index (κ3) is 2.84. The van der Waals surface area contributed by atoms with Crippen LogP contribution in [0.5, 0.6) is 5.75 Å². The molecule has 0 amide bonds. The van der Waals surface area contributed by atoms with Crippen LogP contribution in [0.3, 0.4) is 0 Å². The van der Waals surface area contributed by atoms with Gasteiger partial charge in [-0.1, -0.05) is 12.1 Å².